The zero-order valence-corrected chi connectivity index (χ0v) is 29.3. The topological polar surface area (TPSA) is 104 Å². The number of H-pyrrole nitrogens is 2. The molecule has 48 heavy (non-hydrogen) atoms. The summed E-state index contributed by atoms with van der Waals surface area (Å²) in [6.45, 7) is 17.3. The van der Waals surface area contributed by atoms with Crippen molar-refractivity contribution in [3.63, 3.8) is 0 Å². The van der Waals surface area contributed by atoms with Gasteiger partial charge in [-0.25, -0.2) is 4.98 Å². The Bertz CT molecular complexity index is 2230. The summed E-state index contributed by atoms with van der Waals surface area (Å²) in [6.07, 6.45) is 1.20. The van der Waals surface area contributed by atoms with Crippen LogP contribution in [0, 0.1) is 27.7 Å². The zero-order chi connectivity index (χ0) is 34.2. The fourth-order valence-corrected chi connectivity index (χ4v) is 7.70. The van der Waals surface area contributed by atoms with Gasteiger partial charge in [0.15, 0.2) is 0 Å². The van der Waals surface area contributed by atoms with Gasteiger partial charge in [-0.3, -0.25) is 19.5 Å². The van der Waals surface area contributed by atoms with E-state index < -0.39 is 0 Å². The molecule has 2 N–H and O–H groups in total. The molecule has 0 radical (unpaired) electrons. The number of rotatable bonds is 5. The van der Waals surface area contributed by atoms with Crippen LogP contribution in [0.2, 0.25) is 0 Å². The van der Waals surface area contributed by atoms with Crippen LogP contribution in [0.25, 0.3) is 33.2 Å². The van der Waals surface area contributed by atoms with Crippen molar-refractivity contribution < 1.29 is 14.3 Å². The Balaban J connectivity index is 1.52. The van der Waals surface area contributed by atoms with Crippen LogP contribution in [0.15, 0.2) is 36.4 Å². The molecule has 1 unspecified atom stereocenters. The lowest BCUT2D eigenvalue weighted by atomic mass is 9.97. The molecule has 8 heteroatoms. The van der Waals surface area contributed by atoms with Crippen molar-refractivity contribution in [3.8, 4) is 0 Å². The SMILES string of the molecule is CCC1=C(C)c2cc3[nH]c(cc4nc(c5c6[nH]c(cc1n2)c(C)c6C(=O)N(C)C5=O)C[C@@H]4C)c(C)c3C(C)OCc1cc(C)cc(C)c1. The Hall–Kier alpha value is -4.82. The Labute approximate surface area is 281 Å². The van der Waals surface area contributed by atoms with E-state index in [1.165, 1.54) is 16.0 Å². The van der Waals surface area contributed by atoms with Crippen LogP contribution in [0.1, 0.15) is 123 Å². The van der Waals surface area contributed by atoms with Crippen LogP contribution in [-0.4, -0.2) is 43.7 Å². The van der Waals surface area contributed by atoms with Crippen molar-refractivity contribution >= 4 is 45.0 Å². The van der Waals surface area contributed by atoms with Crippen LogP contribution in [0.4, 0.5) is 0 Å². The van der Waals surface area contributed by atoms with E-state index >= 15 is 0 Å². The van der Waals surface area contributed by atoms with Gasteiger partial charge in [0.25, 0.3) is 11.8 Å². The first-order chi connectivity index (χ1) is 22.9. The number of benzene rings is 1. The van der Waals surface area contributed by atoms with E-state index in [4.69, 9.17) is 14.7 Å². The van der Waals surface area contributed by atoms with Gasteiger partial charge in [-0.2, -0.15) is 0 Å². The number of carbonyl (C=O) groups is 2. The molecule has 4 aromatic rings. The lowest BCUT2D eigenvalue weighted by Gasteiger charge is -2.21. The van der Waals surface area contributed by atoms with Crippen molar-refractivity contribution in [2.24, 2.45) is 0 Å². The minimum atomic E-state index is -0.336. The Morgan fingerprint density at radius 2 is 1.52 bits per heavy atom. The van der Waals surface area contributed by atoms with Crippen LogP contribution < -0.4 is 0 Å². The van der Waals surface area contributed by atoms with Crippen LogP contribution >= 0.6 is 0 Å². The standard InChI is InChI=1S/C40H43N5O3/c1-10-27-22(5)29-17-34-35(25(8)48-18-26-12-19(2)11-20(3)13-26)23(6)30(43-34)15-28-21(4)14-33(41-28)37-38-36(39(46)45(9)40(37)47)24(7)31(44-38)16-32(27)42-29/h11-13,15-17,21,25,43-44H,10,14,18H2,1-9H3/t21-,25?/m0/s1. The molecule has 1 aromatic carbocycles. The number of fused-ring (bicyclic) bond motifs is 8. The van der Waals surface area contributed by atoms with Gasteiger partial charge in [-0.1, -0.05) is 43.2 Å². The van der Waals surface area contributed by atoms with Crippen molar-refractivity contribution in [1.82, 2.24) is 24.8 Å². The van der Waals surface area contributed by atoms with Gasteiger partial charge < -0.3 is 14.7 Å². The van der Waals surface area contributed by atoms with Gasteiger partial charge >= 0.3 is 0 Å². The number of carbonyl (C=O) groups excluding carboxylic acids is 2. The van der Waals surface area contributed by atoms with Crippen molar-refractivity contribution in [2.45, 2.75) is 86.9 Å². The molecule has 0 aliphatic carbocycles. The summed E-state index contributed by atoms with van der Waals surface area (Å²) in [5.74, 6) is -0.563. The highest BCUT2D eigenvalue weighted by Crippen LogP contribution is 2.38. The number of hydrogen-bond donors (Lipinski definition) is 2. The zero-order valence-electron chi connectivity index (χ0n) is 29.3. The predicted octanol–water partition coefficient (Wildman–Crippen LogP) is 8.74. The Kier molecular flexibility index (Phi) is 7.74. The molecular formula is C40H43N5O3. The number of nitrogens with one attached hydrogen (secondary N) is 2. The third kappa shape index (κ3) is 5.10. The average molecular weight is 642 g/mol. The maximum atomic E-state index is 13.7. The Morgan fingerprint density at radius 3 is 2.23 bits per heavy atom. The fraction of sp³-hybridized carbons (Fsp3) is 0.350. The largest absolute Gasteiger partial charge is 0.369 e. The van der Waals surface area contributed by atoms with Crippen LogP contribution in [0.5, 0.6) is 0 Å². The number of amides is 2. The third-order valence-electron chi connectivity index (χ3n) is 10.3. The summed E-state index contributed by atoms with van der Waals surface area (Å²) in [5, 5.41) is 0. The van der Waals surface area contributed by atoms with E-state index in [1.807, 2.05) is 13.0 Å². The molecule has 0 spiro atoms. The van der Waals surface area contributed by atoms with Gasteiger partial charge in [-0.05, 0) is 100 Å². The van der Waals surface area contributed by atoms with E-state index in [1.54, 1.807) is 7.05 Å². The summed E-state index contributed by atoms with van der Waals surface area (Å²) in [7, 11) is 1.55. The van der Waals surface area contributed by atoms with Crippen molar-refractivity contribution in [1.29, 1.82) is 0 Å². The second-order valence-electron chi connectivity index (χ2n) is 13.8. The first kappa shape index (κ1) is 31.8. The van der Waals surface area contributed by atoms with E-state index in [-0.39, 0.29) is 23.8 Å². The quantitative estimate of drug-likeness (QED) is 0.212. The molecule has 7 rings (SSSR count). The molecule has 3 aromatic heterocycles. The average Bonchev–Trinajstić information content (AvgIpc) is 3.73. The molecule has 0 fully saturated rings. The number of imide groups is 1. The molecule has 246 valence electrons. The highest BCUT2D eigenvalue weighted by molar-refractivity contribution is 6.23. The van der Waals surface area contributed by atoms with Gasteiger partial charge in [-0.15, -0.1) is 0 Å². The molecule has 0 saturated carbocycles. The van der Waals surface area contributed by atoms with E-state index in [0.29, 0.717) is 35.4 Å². The molecule has 8 bridgehead atoms. The van der Waals surface area contributed by atoms with Crippen molar-refractivity contribution in [2.75, 3.05) is 7.05 Å². The summed E-state index contributed by atoms with van der Waals surface area (Å²) in [6, 6.07) is 12.8. The number of aromatic amines is 2. The summed E-state index contributed by atoms with van der Waals surface area (Å²) >= 11 is 0. The minimum Gasteiger partial charge on any atom is -0.369 e. The summed E-state index contributed by atoms with van der Waals surface area (Å²) in [5.41, 5.74) is 16.4. The lowest BCUT2D eigenvalue weighted by molar-refractivity contribution is 0.0531. The highest BCUT2D eigenvalue weighted by atomic mass is 16.5. The van der Waals surface area contributed by atoms with Gasteiger partial charge in [0.05, 0.1) is 46.4 Å². The van der Waals surface area contributed by atoms with E-state index in [2.05, 4.69) is 88.8 Å². The number of aromatic nitrogens is 4. The summed E-state index contributed by atoms with van der Waals surface area (Å²) in [4.78, 5) is 45.8. The normalized spacial score (nSPS) is 16.7. The first-order valence-electron chi connectivity index (χ1n) is 16.8. The smallest absolute Gasteiger partial charge is 0.264 e. The molecular weight excluding hydrogens is 598 g/mol. The third-order valence-corrected chi connectivity index (χ3v) is 10.3. The molecule has 3 aliphatic heterocycles. The molecule has 2 atom stereocenters. The first-order valence-corrected chi connectivity index (χ1v) is 16.8. The number of allylic oxidation sites excluding steroid dienone is 2. The van der Waals surface area contributed by atoms with E-state index in [0.717, 1.165) is 73.5 Å². The molecule has 6 heterocycles. The maximum absolute atomic E-state index is 13.7. The second-order valence-corrected chi connectivity index (χ2v) is 13.8. The maximum Gasteiger partial charge on any atom is 0.264 e. The van der Waals surface area contributed by atoms with Gasteiger partial charge in [0.1, 0.15) is 0 Å². The number of ether oxygens (including phenoxy) is 1. The monoisotopic (exact) mass is 641 g/mol. The second kappa shape index (κ2) is 11.7. The number of nitrogens with zero attached hydrogens (tertiary/aromatic N) is 3. The molecule has 3 aliphatic rings. The van der Waals surface area contributed by atoms with Crippen molar-refractivity contribution in [3.05, 3.63) is 104 Å². The van der Waals surface area contributed by atoms with Gasteiger partial charge in [0, 0.05) is 40.8 Å². The highest BCUT2D eigenvalue weighted by Gasteiger charge is 2.36. The van der Waals surface area contributed by atoms with Crippen LogP contribution in [-0.2, 0) is 17.8 Å². The Morgan fingerprint density at radius 1 is 0.854 bits per heavy atom. The van der Waals surface area contributed by atoms with Crippen LogP contribution in [0.3, 0.4) is 0 Å². The molecule has 2 amide bonds. The molecule has 0 saturated heterocycles. The minimum absolute atomic E-state index is 0.0782. The number of hydrogen-bond acceptors (Lipinski definition) is 5. The van der Waals surface area contributed by atoms with E-state index in [9.17, 15) is 9.59 Å². The predicted molar refractivity (Wildman–Crippen MR) is 191 cm³/mol. The fourth-order valence-electron chi connectivity index (χ4n) is 7.70. The lowest BCUT2D eigenvalue weighted by Crippen LogP contribution is -2.37. The molecule has 8 nitrogen and oxygen atoms in total. The number of aryl methyl sites for hydroxylation is 4. The summed E-state index contributed by atoms with van der Waals surface area (Å²) < 4.78 is 6.56. The van der Waals surface area contributed by atoms with Gasteiger partial charge in [0.2, 0.25) is 0 Å².